The van der Waals surface area contributed by atoms with Crippen molar-refractivity contribution in [1.82, 2.24) is 5.32 Å². The third kappa shape index (κ3) is 5.09. The largest absolute Gasteiger partial charge is 0.367 e. The summed E-state index contributed by atoms with van der Waals surface area (Å²) in [5, 5.41) is 4.85. The van der Waals surface area contributed by atoms with Crippen molar-refractivity contribution in [3.05, 3.63) is 95.3 Å². The molecule has 0 aromatic heterocycles. The molecule has 0 saturated heterocycles. The molecule has 3 aromatic rings. The van der Waals surface area contributed by atoms with Crippen LogP contribution in [0.3, 0.4) is 0 Å². The van der Waals surface area contributed by atoms with Crippen LogP contribution in [-0.2, 0) is 29.0 Å². The molecule has 0 bridgehead atoms. The van der Waals surface area contributed by atoms with Crippen molar-refractivity contribution in [2.75, 3.05) is 23.3 Å². The highest BCUT2D eigenvalue weighted by atomic mass is 19.1. The molecule has 0 fully saturated rings. The number of rotatable bonds is 5. The van der Waals surface area contributed by atoms with Crippen molar-refractivity contribution >= 4 is 23.2 Å². The Labute approximate surface area is 180 Å². The summed E-state index contributed by atoms with van der Waals surface area (Å²) in [6, 6.07) is 22.5. The average Bonchev–Trinajstić information content (AvgIpc) is 2.80. The van der Waals surface area contributed by atoms with Gasteiger partial charge < -0.3 is 15.5 Å². The highest BCUT2D eigenvalue weighted by molar-refractivity contribution is 6.39. The van der Waals surface area contributed by atoms with Gasteiger partial charge in [0.05, 0.1) is 5.69 Å². The van der Waals surface area contributed by atoms with Crippen LogP contribution in [0.15, 0.2) is 72.8 Å². The zero-order valence-electron chi connectivity index (χ0n) is 17.1. The van der Waals surface area contributed by atoms with Crippen LogP contribution in [0, 0.1) is 5.82 Å². The number of benzene rings is 3. The number of hydrogen-bond acceptors (Lipinski definition) is 3. The van der Waals surface area contributed by atoms with Crippen molar-refractivity contribution in [2.24, 2.45) is 0 Å². The summed E-state index contributed by atoms with van der Waals surface area (Å²) in [5.74, 6) is -2.25. The van der Waals surface area contributed by atoms with E-state index in [4.69, 9.17) is 0 Å². The van der Waals surface area contributed by atoms with E-state index in [9.17, 15) is 14.0 Å². The summed E-state index contributed by atoms with van der Waals surface area (Å²) in [4.78, 5) is 26.2. The SMILES string of the molecule is O=C(NCCc1ccc(N2CCc3ccccc3C2)cc1)C(=O)Nc1ccccc1F. The van der Waals surface area contributed by atoms with Crippen LogP contribution in [0.1, 0.15) is 16.7 Å². The first kappa shape index (κ1) is 20.6. The average molecular weight is 417 g/mol. The molecule has 0 unspecified atom stereocenters. The standard InChI is InChI=1S/C25H24FN3O2/c26-22-7-3-4-8-23(22)28-25(31)24(30)27-15-13-18-9-11-21(12-10-18)29-16-14-19-5-1-2-6-20(19)17-29/h1-12H,13-17H2,(H,27,30)(H,28,31). The Bertz CT molecular complexity index is 1080. The number of nitrogens with one attached hydrogen (secondary N) is 2. The van der Waals surface area contributed by atoms with Gasteiger partial charge >= 0.3 is 11.8 Å². The maximum atomic E-state index is 13.6. The summed E-state index contributed by atoms with van der Waals surface area (Å²) in [7, 11) is 0. The van der Waals surface area contributed by atoms with Crippen molar-refractivity contribution in [1.29, 1.82) is 0 Å². The molecule has 5 nitrogen and oxygen atoms in total. The second-order valence-corrected chi connectivity index (χ2v) is 7.55. The fourth-order valence-electron chi connectivity index (χ4n) is 3.73. The molecule has 6 heteroatoms. The van der Waals surface area contributed by atoms with Gasteiger partial charge in [0.25, 0.3) is 0 Å². The van der Waals surface area contributed by atoms with Gasteiger partial charge in [-0.2, -0.15) is 0 Å². The molecule has 1 aliphatic rings. The second-order valence-electron chi connectivity index (χ2n) is 7.55. The molecule has 2 amide bonds. The van der Waals surface area contributed by atoms with E-state index in [-0.39, 0.29) is 5.69 Å². The van der Waals surface area contributed by atoms with Gasteiger partial charge in [-0.3, -0.25) is 9.59 Å². The van der Waals surface area contributed by atoms with Gasteiger partial charge in [0, 0.05) is 25.3 Å². The van der Waals surface area contributed by atoms with Crippen LogP contribution >= 0.6 is 0 Å². The third-order valence-corrected chi connectivity index (χ3v) is 5.46. The van der Waals surface area contributed by atoms with Gasteiger partial charge in [0.15, 0.2) is 0 Å². The smallest absolute Gasteiger partial charge is 0.313 e. The molecule has 4 rings (SSSR count). The van der Waals surface area contributed by atoms with E-state index in [0.717, 1.165) is 25.1 Å². The molecular formula is C25H24FN3O2. The highest BCUT2D eigenvalue weighted by Gasteiger charge is 2.17. The maximum absolute atomic E-state index is 13.6. The topological polar surface area (TPSA) is 61.4 Å². The number of halogens is 1. The fourth-order valence-corrected chi connectivity index (χ4v) is 3.73. The lowest BCUT2D eigenvalue weighted by atomic mass is 9.99. The normalized spacial score (nSPS) is 12.7. The number of carbonyl (C=O) groups excluding carboxylic acids is 2. The summed E-state index contributed by atoms with van der Waals surface area (Å²) < 4.78 is 13.6. The number of amides is 2. The summed E-state index contributed by atoms with van der Waals surface area (Å²) in [6.07, 6.45) is 1.64. The lowest BCUT2D eigenvalue weighted by Crippen LogP contribution is -2.36. The van der Waals surface area contributed by atoms with E-state index >= 15 is 0 Å². The predicted molar refractivity (Wildman–Crippen MR) is 119 cm³/mol. The maximum Gasteiger partial charge on any atom is 0.313 e. The Morgan fingerprint density at radius 3 is 2.35 bits per heavy atom. The first-order chi connectivity index (χ1) is 15.1. The summed E-state index contributed by atoms with van der Waals surface area (Å²) >= 11 is 0. The van der Waals surface area contributed by atoms with Crippen molar-refractivity contribution in [2.45, 2.75) is 19.4 Å². The lowest BCUT2D eigenvalue weighted by molar-refractivity contribution is -0.136. The van der Waals surface area contributed by atoms with Gasteiger partial charge in [0.1, 0.15) is 5.82 Å². The van der Waals surface area contributed by atoms with E-state index in [2.05, 4.69) is 51.9 Å². The lowest BCUT2D eigenvalue weighted by Gasteiger charge is -2.30. The Balaban J connectivity index is 1.26. The van der Waals surface area contributed by atoms with Gasteiger partial charge in [0.2, 0.25) is 0 Å². The predicted octanol–water partition coefficient (Wildman–Crippen LogP) is 3.69. The molecule has 2 N–H and O–H groups in total. The summed E-state index contributed by atoms with van der Waals surface area (Å²) in [5.41, 5.74) is 5.01. The number of hydrogen-bond donors (Lipinski definition) is 2. The van der Waals surface area contributed by atoms with Gasteiger partial charge in [-0.05, 0) is 53.8 Å². The Morgan fingerprint density at radius 2 is 1.58 bits per heavy atom. The molecular weight excluding hydrogens is 393 g/mol. The van der Waals surface area contributed by atoms with E-state index in [0.29, 0.717) is 13.0 Å². The minimum Gasteiger partial charge on any atom is -0.367 e. The fraction of sp³-hybridized carbons (Fsp3) is 0.200. The second kappa shape index (κ2) is 9.43. The van der Waals surface area contributed by atoms with Crippen LogP contribution in [-0.4, -0.2) is 24.9 Å². The Morgan fingerprint density at radius 1 is 0.871 bits per heavy atom. The zero-order valence-corrected chi connectivity index (χ0v) is 17.1. The number of para-hydroxylation sites is 1. The molecule has 0 atom stereocenters. The molecule has 3 aromatic carbocycles. The molecule has 158 valence electrons. The van der Waals surface area contributed by atoms with E-state index in [1.165, 1.54) is 35.0 Å². The molecule has 1 aliphatic heterocycles. The monoisotopic (exact) mass is 417 g/mol. The van der Waals surface area contributed by atoms with Crippen LogP contribution in [0.4, 0.5) is 15.8 Å². The first-order valence-corrected chi connectivity index (χ1v) is 10.3. The number of nitrogens with zero attached hydrogens (tertiary/aromatic N) is 1. The van der Waals surface area contributed by atoms with Crippen molar-refractivity contribution in [3.8, 4) is 0 Å². The molecule has 0 saturated carbocycles. The van der Waals surface area contributed by atoms with Gasteiger partial charge in [-0.15, -0.1) is 0 Å². The van der Waals surface area contributed by atoms with Gasteiger partial charge in [-0.25, -0.2) is 4.39 Å². The molecule has 0 aliphatic carbocycles. The van der Waals surface area contributed by atoms with Crippen LogP contribution in [0.25, 0.3) is 0 Å². The molecule has 1 heterocycles. The van der Waals surface area contributed by atoms with E-state index in [1.54, 1.807) is 6.07 Å². The molecule has 31 heavy (non-hydrogen) atoms. The Hall–Kier alpha value is -3.67. The molecule has 0 radical (unpaired) electrons. The Kier molecular flexibility index (Phi) is 6.26. The van der Waals surface area contributed by atoms with Crippen LogP contribution in [0.2, 0.25) is 0 Å². The zero-order chi connectivity index (χ0) is 21.6. The minimum atomic E-state index is -0.883. The van der Waals surface area contributed by atoms with E-state index < -0.39 is 17.6 Å². The molecule has 0 spiro atoms. The van der Waals surface area contributed by atoms with Crippen LogP contribution in [0.5, 0.6) is 0 Å². The van der Waals surface area contributed by atoms with Crippen molar-refractivity contribution in [3.63, 3.8) is 0 Å². The van der Waals surface area contributed by atoms with Crippen molar-refractivity contribution < 1.29 is 14.0 Å². The van der Waals surface area contributed by atoms with Crippen LogP contribution < -0.4 is 15.5 Å². The quantitative estimate of drug-likeness (QED) is 0.623. The number of fused-ring (bicyclic) bond motifs is 1. The third-order valence-electron chi connectivity index (χ3n) is 5.46. The highest BCUT2D eigenvalue weighted by Crippen LogP contribution is 2.24. The van der Waals surface area contributed by atoms with E-state index in [1.807, 2.05) is 12.1 Å². The summed E-state index contributed by atoms with van der Waals surface area (Å²) in [6.45, 7) is 2.21. The number of carbonyl (C=O) groups is 2. The minimum absolute atomic E-state index is 0.0152. The van der Waals surface area contributed by atoms with Gasteiger partial charge in [-0.1, -0.05) is 48.5 Å². The first-order valence-electron chi connectivity index (χ1n) is 10.3. The number of anilines is 2.